The number of halogens is 2. The van der Waals surface area contributed by atoms with Gasteiger partial charge in [-0.2, -0.15) is 0 Å². The molecule has 1 N–H and O–H groups in total. The van der Waals surface area contributed by atoms with Crippen LogP contribution in [0.25, 0.3) is 0 Å². The fourth-order valence-electron chi connectivity index (χ4n) is 1.68. The average molecular weight is 229 g/mol. The van der Waals surface area contributed by atoms with Gasteiger partial charge in [0.05, 0.1) is 0 Å². The lowest BCUT2D eigenvalue weighted by Gasteiger charge is -2.09. The Balaban J connectivity index is 1.94. The molecule has 2 rings (SSSR count). The molecular formula is C11H13F2NS. The summed E-state index contributed by atoms with van der Waals surface area (Å²) in [5.74, 6) is 0.0954. The molecule has 0 aliphatic carbocycles. The predicted octanol–water partition coefficient (Wildman–Crippen LogP) is 2.81. The van der Waals surface area contributed by atoms with Crippen molar-refractivity contribution in [1.82, 2.24) is 5.32 Å². The molecule has 1 nitrogen and oxygen atoms in total. The third-order valence-electron chi connectivity index (χ3n) is 2.50. The lowest BCUT2D eigenvalue weighted by molar-refractivity contribution is 0.576. The number of thioether (sulfide) groups is 1. The molecule has 82 valence electrons. The molecule has 0 bridgehead atoms. The van der Waals surface area contributed by atoms with Crippen LogP contribution in [0.2, 0.25) is 0 Å². The molecule has 4 heteroatoms. The number of rotatable bonds is 3. The average Bonchev–Trinajstić information content (AvgIpc) is 2.72. The molecule has 0 spiro atoms. The Morgan fingerprint density at radius 1 is 1.40 bits per heavy atom. The summed E-state index contributed by atoms with van der Waals surface area (Å²) in [6.07, 6.45) is 2.31. The van der Waals surface area contributed by atoms with Gasteiger partial charge in [-0.05, 0) is 37.6 Å². The van der Waals surface area contributed by atoms with Gasteiger partial charge in [0.15, 0.2) is 0 Å². The summed E-state index contributed by atoms with van der Waals surface area (Å²) < 4.78 is 26.1. The lowest BCUT2D eigenvalue weighted by atomic mass is 10.3. The molecule has 0 aromatic heterocycles. The maximum absolute atomic E-state index is 13.2. The largest absolute Gasteiger partial charge is 0.313 e. The highest BCUT2D eigenvalue weighted by molar-refractivity contribution is 7.99. The summed E-state index contributed by atoms with van der Waals surface area (Å²) >= 11 is 1.38. The first kappa shape index (κ1) is 10.9. The summed E-state index contributed by atoms with van der Waals surface area (Å²) in [5, 5.41) is 3.32. The Morgan fingerprint density at radius 2 is 2.27 bits per heavy atom. The molecule has 1 aromatic rings. The van der Waals surface area contributed by atoms with E-state index in [9.17, 15) is 8.78 Å². The number of nitrogens with one attached hydrogen (secondary N) is 1. The Bertz CT molecular complexity index is 337. The molecule has 0 unspecified atom stereocenters. The third-order valence-corrected chi connectivity index (χ3v) is 3.69. The molecule has 0 amide bonds. The molecule has 0 saturated carbocycles. The van der Waals surface area contributed by atoms with Gasteiger partial charge < -0.3 is 5.32 Å². The summed E-state index contributed by atoms with van der Waals surface area (Å²) in [6, 6.07) is 4.03. The van der Waals surface area contributed by atoms with E-state index in [2.05, 4.69) is 5.32 Å². The molecule has 1 aromatic carbocycles. The maximum Gasteiger partial charge on any atom is 0.136 e. The van der Waals surface area contributed by atoms with Gasteiger partial charge in [-0.25, -0.2) is 8.78 Å². The minimum atomic E-state index is -0.377. The van der Waals surface area contributed by atoms with Crippen LogP contribution in [0.5, 0.6) is 0 Å². The van der Waals surface area contributed by atoms with Gasteiger partial charge in [-0.15, -0.1) is 11.8 Å². The minimum Gasteiger partial charge on any atom is -0.313 e. The molecule has 15 heavy (non-hydrogen) atoms. The van der Waals surface area contributed by atoms with Crippen molar-refractivity contribution in [2.24, 2.45) is 0 Å². The van der Waals surface area contributed by atoms with Crippen LogP contribution in [0.15, 0.2) is 23.1 Å². The molecule has 1 fully saturated rings. The van der Waals surface area contributed by atoms with Crippen LogP contribution >= 0.6 is 11.8 Å². The summed E-state index contributed by atoms with van der Waals surface area (Å²) in [7, 11) is 0. The smallest absolute Gasteiger partial charge is 0.136 e. The standard InChI is InChI=1S/C11H13F2NS/c12-8-3-4-10(13)11(6-8)15-7-9-2-1-5-14-9/h3-4,6,9,14H,1-2,5,7H2/t9-/m1/s1. The number of hydrogen-bond acceptors (Lipinski definition) is 2. The highest BCUT2D eigenvalue weighted by Crippen LogP contribution is 2.24. The molecular weight excluding hydrogens is 216 g/mol. The van der Waals surface area contributed by atoms with Crippen molar-refractivity contribution in [3.63, 3.8) is 0 Å². The van der Waals surface area contributed by atoms with E-state index in [1.54, 1.807) is 0 Å². The van der Waals surface area contributed by atoms with Crippen molar-refractivity contribution < 1.29 is 8.78 Å². The van der Waals surface area contributed by atoms with Gasteiger partial charge in [0.2, 0.25) is 0 Å². The van der Waals surface area contributed by atoms with E-state index in [1.165, 1.54) is 30.3 Å². The van der Waals surface area contributed by atoms with Gasteiger partial charge >= 0.3 is 0 Å². The monoisotopic (exact) mass is 229 g/mol. The minimum absolute atomic E-state index is 0.334. The first-order valence-corrected chi connectivity index (χ1v) is 6.05. The first-order chi connectivity index (χ1) is 7.25. The van der Waals surface area contributed by atoms with Crippen LogP contribution in [0.1, 0.15) is 12.8 Å². The van der Waals surface area contributed by atoms with Gasteiger partial charge in [0, 0.05) is 16.7 Å². The maximum atomic E-state index is 13.2. The predicted molar refractivity (Wildman–Crippen MR) is 58.1 cm³/mol. The van der Waals surface area contributed by atoms with Crippen LogP contribution in [0, 0.1) is 11.6 Å². The number of hydrogen-bond donors (Lipinski definition) is 1. The fraction of sp³-hybridized carbons (Fsp3) is 0.455. The molecule has 1 aliphatic rings. The molecule has 1 heterocycles. The van der Waals surface area contributed by atoms with E-state index >= 15 is 0 Å². The second-order valence-corrected chi connectivity index (χ2v) is 4.74. The fourth-order valence-corrected chi connectivity index (χ4v) is 2.74. The Kier molecular flexibility index (Phi) is 3.59. The van der Waals surface area contributed by atoms with E-state index in [1.807, 2.05) is 0 Å². The van der Waals surface area contributed by atoms with Crippen LogP contribution < -0.4 is 5.32 Å². The molecule has 0 radical (unpaired) electrons. The van der Waals surface area contributed by atoms with Crippen molar-refractivity contribution in [2.75, 3.05) is 12.3 Å². The van der Waals surface area contributed by atoms with Crippen LogP contribution in [-0.2, 0) is 0 Å². The van der Waals surface area contributed by atoms with E-state index in [0.717, 1.165) is 24.8 Å². The normalized spacial score (nSPS) is 20.8. The Morgan fingerprint density at radius 3 is 3.00 bits per heavy atom. The quantitative estimate of drug-likeness (QED) is 0.800. The second kappa shape index (κ2) is 4.94. The zero-order valence-corrected chi connectivity index (χ0v) is 9.12. The summed E-state index contributed by atoms with van der Waals surface area (Å²) in [5.41, 5.74) is 0. The van der Waals surface area contributed by atoms with Gasteiger partial charge in [-0.3, -0.25) is 0 Å². The summed E-state index contributed by atoms with van der Waals surface area (Å²) in [4.78, 5) is 0.406. The molecule has 1 saturated heterocycles. The Hall–Kier alpha value is -0.610. The van der Waals surface area contributed by atoms with Crippen molar-refractivity contribution in [3.05, 3.63) is 29.8 Å². The van der Waals surface area contributed by atoms with Crippen LogP contribution in [0.3, 0.4) is 0 Å². The van der Waals surface area contributed by atoms with Gasteiger partial charge in [0.1, 0.15) is 11.6 Å². The lowest BCUT2D eigenvalue weighted by Crippen LogP contribution is -2.23. The SMILES string of the molecule is Fc1ccc(F)c(SC[C@H]2CCCN2)c1. The van der Waals surface area contributed by atoms with Crippen LogP contribution in [-0.4, -0.2) is 18.3 Å². The summed E-state index contributed by atoms with van der Waals surface area (Å²) in [6.45, 7) is 1.04. The third kappa shape index (κ3) is 2.92. The van der Waals surface area contributed by atoms with Crippen LogP contribution in [0.4, 0.5) is 8.78 Å². The van der Waals surface area contributed by atoms with Crippen molar-refractivity contribution >= 4 is 11.8 Å². The van der Waals surface area contributed by atoms with E-state index in [-0.39, 0.29) is 11.6 Å². The van der Waals surface area contributed by atoms with E-state index in [0.29, 0.717) is 10.9 Å². The molecule has 1 aliphatic heterocycles. The Labute approximate surface area is 92.3 Å². The van der Waals surface area contributed by atoms with Crippen molar-refractivity contribution in [1.29, 1.82) is 0 Å². The second-order valence-electron chi connectivity index (χ2n) is 3.68. The van der Waals surface area contributed by atoms with Gasteiger partial charge in [0.25, 0.3) is 0 Å². The zero-order chi connectivity index (χ0) is 10.7. The van der Waals surface area contributed by atoms with Gasteiger partial charge in [-0.1, -0.05) is 0 Å². The van der Waals surface area contributed by atoms with E-state index in [4.69, 9.17) is 0 Å². The van der Waals surface area contributed by atoms with Crippen molar-refractivity contribution in [2.45, 2.75) is 23.8 Å². The van der Waals surface area contributed by atoms with Crippen molar-refractivity contribution in [3.8, 4) is 0 Å². The number of benzene rings is 1. The topological polar surface area (TPSA) is 12.0 Å². The zero-order valence-electron chi connectivity index (χ0n) is 8.30. The first-order valence-electron chi connectivity index (χ1n) is 5.07. The molecule has 1 atom stereocenters. The van der Waals surface area contributed by atoms with E-state index < -0.39 is 0 Å². The highest BCUT2D eigenvalue weighted by atomic mass is 32.2. The highest BCUT2D eigenvalue weighted by Gasteiger charge is 2.15.